The van der Waals surface area contributed by atoms with Crippen LogP contribution >= 0.6 is 11.6 Å². The van der Waals surface area contributed by atoms with Gasteiger partial charge in [-0.15, -0.1) is 0 Å². The number of aliphatic hydroxyl groups excluding tert-OH is 1. The fourth-order valence-electron chi connectivity index (χ4n) is 5.36. The smallest absolute Gasteiger partial charge is 0.255 e. The van der Waals surface area contributed by atoms with Crippen molar-refractivity contribution in [2.24, 2.45) is 5.73 Å². The second-order valence-corrected chi connectivity index (χ2v) is 10.3. The van der Waals surface area contributed by atoms with Gasteiger partial charge in [-0.25, -0.2) is 9.67 Å². The summed E-state index contributed by atoms with van der Waals surface area (Å²) in [5.74, 6) is 6.39. The van der Waals surface area contributed by atoms with Crippen LogP contribution in [-0.2, 0) is 4.79 Å². The highest BCUT2D eigenvalue weighted by Gasteiger charge is 2.40. The Hall–Kier alpha value is -3.81. The number of amides is 2. The lowest BCUT2D eigenvalue weighted by molar-refractivity contribution is -0.128. The van der Waals surface area contributed by atoms with Gasteiger partial charge in [0.25, 0.3) is 5.91 Å². The number of rotatable bonds is 6. The van der Waals surface area contributed by atoms with Crippen LogP contribution in [0.3, 0.4) is 0 Å². The van der Waals surface area contributed by atoms with Crippen LogP contribution in [0.4, 0.5) is 5.82 Å². The molecule has 0 radical (unpaired) electrons. The number of nitrogens with one attached hydrogen (secondary N) is 1. The number of likely N-dealkylation sites (tertiary alicyclic amines) is 1. The summed E-state index contributed by atoms with van der Waals surface area (Å²) in [6.45, 7) is 7.47. The third-order valence-corrected chi connectivity index (χ3v) is 7.57. The first-order valence-corrected chi connectivity index (χ1v) is 12.9. The molecule has 1 saturated carbocycles. The fourth-order valence-corrected chi connectivity index (χ4v) is 5.56. The van der Waals surface area contributed by atoms with E-state index < -0.39 is 18.1 Å². The Morgan fingerprint density at radius 2 is 2.05 bits per heavy atom. The van der Waals surface area contributed by atoms with Crippen molar-refractivity contribution >= 4 is 40.3 Å². The number of aromatic nitrogens is 4. The Morgan fingerprint density at radius 1 is 1.32 bits per heavy atom. The van der Waals surface area contributed by atoms with Gasteiger partial charge in [-0.2, -0.15) is 5.10 Å². The Labute approximate surface area is 225 Å². The van der Waals surface area contributed by atoms with E-state index in [0.717, 1.165) is 29.7 Å². The van der Waals surface area contributed by atoms with Crippen LogP contribution in [0.15, 0.2) is 24.8 Å². The van der Waals surface area contributed by atoms with E-state index in [-0.39, 0.29) is 29.8 Å². The molecule has 1 saturated heterocycles. The summed E-state index contributed by atoms with van der Waals surface area (Å²) in [6, 6.07) is 3.46. The lowest BCUT2D eigenvalue weighted by Crippen LogP contribution is -2.40. The van der Waals surface area contributed by atoms with Gasteiger partial charge < -0.3 is 25.6 Å². The molecule has 1 aromatic carbocycles. The van der Waals surface area contributed by atoms with Gasteiger partial charge in [-0.3, -0.25) is 9.59 Å². The third kappa shape index (κ3) is 4.42. The molecule has 1 aliphatic carbocycles. The number of aliphatic hydroxyl groups is 1. The van der Waals surface area contributed by atoms with Gasteiger partial charge in [0.2, 0.25) is 5.91 Å². The summed E-state index contributed by atoms with van der Waals surface area (Å²) in [7, 11) is 1.66. The van der Waals surface area contributed by atoms with E-state index in [9.17, 15) is 14.7 Å². The van der Waals surface area contributed by atoms with E-state index in [1.165, 1.54) is 6.08 Å². The molecule has 0 spiro atoms. The molecule has 2 fully saturated rings. The summed E-state index contributed by atoms with van der Waals surface area (Å²) in [5, 5.41) is 18.4. The number of imidazole rings is 1. The number of anilines is 1. The summed E-state index contributed by atoms with van der Waals surface area (Å²) in [6.07, 6.45) is 3.18. The number of nitrogens with zero attached hydrogens (tertiary/aromatic N) is 5. The highest BCUT2D eigenvalue weighted by atomic mass is 35.5. The summed E-state index contributed by atoms with van der Waals surface area (Å²) < 4.78 is 3.84. The molecule has 198 valence electrons. The van der Waals surface area contributed by atoms with Crippen LogP contribution in [-0.4, -0.2) is 66.9 Å². The van der Waals surface area contributed by atoms with Gasteiger partial charge in [0.05, 0.1) is 34.2 Å². The SMILES string of the molecule is C=CC(=O)N1C[C@@H](n2nc(C#Cc3cc4nc(C)n(C5CC5)c4cc3Cl)c(C(N)=O)c2NC)C[C@@H]1C(C)O. The second kappa shape index (κ2) is 9.82. The fraction of sp³-hybridized carbons (Fsp3) is 0.407. The molecule has 3 aromatic rings. The first-order valence-electron chi connectivity index (χ1n) is 12.6. The van der Waals surface area contributed by atoms with Crippen molar-refractivity contribution in [1.82, 2.24) is 24.2 Å². The average molecular weight is 536 g/mol. The molecular weight excluding hydrogens is 506 g/mol. The number of aryl methyl sites for hydroxylation is 1. The molecule has 38 heavy (non-hydrogen) atoms. The number of benzene rings is 1. The third-order valence-electron chi connectivity index (χ3n) is 7.26. The molecule has 5 rings (SSSR count). The standard InChI is InChI=1S/C27H30ClN7O3/c1-5-24(37)33-13-18(11-22(33)14(2)36)35-27(30-4)25(26(29)38)20(32-35)9-6-16-10-21-23(12-19(16)28)34(15(3)31-21)17-7-8-17/h5,10,12,14,17-18,22,30,36H,1,7-8,11,13H2,2-4H3,(H2,29,38)/t14?,18-,22+/m0/s1. The maximum atomic E-state index is 12.5. The molecule has 10 nitrogen and oxygen atoms in total. The van der Waals surface area contributed by atoms with E-state index >= 15 is 0 Å². The zero-order valence-electron chi connectivity index (χ0n) is 21.5. The molecule has 2 aliphatic rings. The molecule has 2 aromatic heterocycles. The quantitative estimate of drug-likeness (QED) is 0.328. The molecule has 11 heteroatoms. The monoisotopic (exact) mass is 535 g/mol. The van der Waals surface area contributed by atoms with Crippen LogP contribution < -0.4 is 11.1 Å². The Balaban J connectivity index is 1.54. The minimum Gasteiger partial charge on any atom is -0.391 e. The molecule has 0 bridgehead atoms. The van der Waals surface area contributed by atoms with E-state index in [4.69, 9.17) is 17.3 Å². The number of fused-ring (bicyclic) bond motifs is 1. The van der Waals surface area contributed by atoms with Crippen LogP contribution in [0, 0.1) is 18.8 Å². The van der Waals surface area contributed by atoms with Crippen molar-refractivity contribution < 1.29 is 14.7 Å². The first-order chi connectivity index (χ1) is 18.1. The van der Waals surface area contributed by atoms with Gasteiger partial charge in [0.1, 0.15) is 17.2 Å². The number of carbonyl (C=O) groups is 2. The maximum absolute atomic E-state index is 12.5. The van der Waals surface area contributed by atoms with Gasteiger partial charge >= 0.3 is 0 Å². The predicted molar refractivity (Wildman–Crippen MR) is 145 cm³/mol. The Bertz CT molecular complexity index is 1520. The molecule has 1 unspecified atom stereocenters. The van der Waals surface area contributed by atoms with Crippen LogP contribution in [0.5, 0.6) is 0 Å². The zero-order valence-corrected chi connectivity index (χ0v) is 22.3. The molecule has 2 amide bonds. The van der Waals surface area contributed by atoms with E-state index in [0.29, 0.717) is 28.9 Å². The van der Waals surface area contributed by atoms with Gasteiger partial charge in [-0.1, -0.05) is 24.1 Å². The maximum Gasteiger partial charge on any atom is 0.255 e. The lowest BCUT2D eigenvalue weighted by Gasteiger charge is -2.25. The van der Waals surface area contributed by atoms with Gasteiger partial charge in [0.15, 0.2) is 5.69 Å². The van der Waals surface area contributed by atoms with Crippen LogP contribution in [0.2, 0.25) is 5.02 Å². The van der Waals surface area contributed by atoms with E-state index in [2.05, 4.69) is 38.4 Å². The minimum absolute atomic E-state index is 0.146. The lowest BCUT2D eigenvalue weighted by atomic mass is 10.1. The zero-order chi connectivity index (χ0) is 27.3. The number of hydrogen-bond acceptors (Lipinski definition) is 6. The topological polar surface area (TPSA) is 131 Å². The summed E-state index contributed by atoms with van der Waals surface area (Å²) in [5.41, 5.74) is 8.44. The van der Waals surface area contributed by atoms with Gasteiger partial charge in [0, 0.05) is 25.2 Å². The number of carbonyl (C=O) groups excluding carboxylic acids is 2. The Kier molecular flexibility index (Phi) is 6.67. The van der Waals surface area contributed by atoms with Crippen molar-refractivity contribution in [1.29, 1.82) is 0 Å². The van der Waals surface area contributed by atoms with E-state index in [1.807, 2.05) is 19.1 Å². The Morgan fingerprint density at radius 3 is 2.66 bits per heavy atom. The molecule has 3 atom stereocenters. The van der Waals surface area contributed by atoms with Crippen molar-refractivity contribution in [2.45, 2.75) is 57.3 Å². The highest BCUT2D eigenvalue weighted by Crippen LogP contribution is 2.39. The first kappa shape index (κ1) is 25.8. The predicted octanol–water partition coefficient (Wildman–Crippen LogP) is 2.78. The molecule has 4 N–H and O–H groups in total. The van der Waals surface area contributed by atoms with Crippen LogP contribution in [0.1, 0.15) is 65.7 Å². The average Bonchev–Trinajstić information content (AvgIpc) is 3.35. The normalized spacial score (nSPS) is 19.8. The van der Waals surface area contributed by atoms with Crippen molar-refractivity contribution in [3.63, 3.8) is 0 Å². The summed E-state index contributed by atoms with van der Waals surface area (Å²) >= 11 is 6.61. The van der Waals surface area contributed by atoms with E-state index in [1.54, 1.807) is 23.6 Å². The highest BCUT2D eigenvalue weighted by molar-refractivity contribution is 6.32. The van der Waals surface area contributed by atoms with Crippen molar-refractivity contribution in [3.8, 4) is 11.8 Å². The molecular formula is C27H30ClN7O3. The number of nitrogens with two attached hydrogens (primary N) is 1. The molecule has 1 aliphatic heterocycles. The number of halogens is 1. The molecule has 3 heterocycles. The number of primary amides is 1. The minimum atomic E-state index is -0.753. The second-order valence-electron chi connectivity index (χ2n) is 9.85. The number of hydrogen-bond donors (Lipinski definition) is 3. The van der Waals surface area contributed by atoms with Gasteiger partial charge in [-0.05, 0) is 57.2 Å². The van der Waals surface area contributed by atoms with Crippen LogP contribution in [0.25, 0.3) is 11.0 Å². The van der Waals surface area contributed by atoms with Crippen molar-refractivity contribution in [2.75, 3.05) is 18.9 Å². The van der Waals surface area contributed by atoms with Crippen molar-refractivity contribution in [3.05, 3.63) is 52.5 Å². The largest absolute Gasteiger partial charge is 0.391 e. The summed E-state index contributed by atoms with van der Waals surface area (Å²) in [4.78, 5) is 31.2.